The van der Waals surface area contributed by atoms with Crippen LogP contribution in [0.15, 0.2) is 48.7 Å². The first kappa shape index (κ1) is 29.6. The second kappa shape index (κ2) is 12.7. The minimum Gasteiger partial charge on any atom is -0.355 e. The van der Waals surface area contributed by atoms with Crippen LogP contribution >= 0.6 is 7.60 Å². The minimum absolute atomic E-state index is 0.0147. The quantitative estimate of drug-likeness (QED) is 0.241. The van der Waals surface area contributed by atoms with Gasteiger partial charge in [-0.25, -0.2) is 4.98 Å². The van der Waals surface area contributed by atoms with Crippen LogP contribution in [0.3, 0.4) is 0 Å². The summed E-state index contributed by atoms with van der Waals surface area (Å²) in [6.45, 7) is 3.89. The van der Waals surface area contributed by atoms with Crippen LogP contribution in [0.4, 0.5) is 36.3 Å². The SMILES string of the molecule is CCOP(=O)(Cc1ccc(Nc2ncc(C(F)(F)F)c(Nc3ccc(C#N)cc3C(=O)NC)n2)cc1)OCC. The summed E-state index contributed by atoms with van der Waals surface area (Å²) in [5, 5.41) is 16.9. The molecular weight excluding hydrogens is 536 g/mol. The van der Waals surface area contributed by atoms with E-state index in [1.54, 1.807) is 38.1 Å². The van der Waals surface area contributed by atoms with Gasteiger partial charge in [0.2, 0.25) is 5.95 Å². The summed E-state index contributed by atoms with van der Waals surface area (Å²) in [6.07, 6.45) is -4.12. The molecule has 10 nitrogen and oxygen atoms in total. The van der Waals surface area contributed by atoms with Gasteiger partial charge < -0.3 is 25.0 Å². The number of alkyl halides is 3. The predicted octanol–water partition coefficient (Wildman–Crippen LogP) is 5.98. The normalized spacial score (nSPS) is 11.5. The number of benzene rings is 2. The van der Waals surface area contributed by atoms with Crippen molar-refractivity contribution in [2.24, 2.45) is 0 Å². The Balaban J connectivity index is 1.90. The molecule has 3 aromatic rings. The fourth-order valence-corrected chi connectivity index (χ4v) is 5.19. The van der Waals surface area contributed by atoms with Crippen molar-refractivity contribution in [2.75, 3.05) is 30.9 Å². The maximum absolute atomic E-state index is 13.7. The molecule has 0 saturated carbocycles. The standard InChI is InChI=1S/C25H26F3N6O4P/c1-4-37-39(36,38-5-2)15-16-6-9-18(10-7-16)32-24-31-14-20(25(26,27)28)22(34-24)33-21-11-8-17(13-29)12-19(21)23(35)30-3/h6-12,14H,4-5,15H2,1-3H3,(H,30,35)(H2,31,32,33,34). The van der Waals surface area contributed by atoms with Crippen LogP contribution in [0.25, 0.3) is 0 Å². The van der Waals surface area contributed by atoms with Crippen LogP contribution in [0.5, 0.6) is 0 Å². The van der Waals surface area contributed by atoms with E-state index in [1.165, 1.54) is 25.2 Å². The lowest BCUT2D eigenvalue weighted by Gasteiger charge is -2.17. The maximum atomic E-state index is 13.7. The van der Waals surface area contributed by atoms with Crippen molar-refractivity contribution in [1.82, 2.24) is 15.3 Å². The second-order valence-electron chi connectivity index (χ2n) is 7.96. The molecule has 14 heteroatoms. The zero-order chi connectivity index (χ0) is 28.6. The lowest BCUT2D eigenvalue weighted by atomic mass is 10.1. The van der Waals surface area contributed by atoms with Gasteiger partial charge in [-0.3, -0.25) is 9.36 Å². The van der Waals surface area contributed by atoms with E-state index in [0.29, 0.717) is 17.4 Å². The smallest absolute Gasteiger partial charge is 0.355 e. The van der Waals surface area contributed by atoms with Crippen LogP contribution in [0, 0.1) is 11.3 Å². The molecule has 1 aromatic heterocycles. The highest BCUT2D eigenvalue weighted by molar-refractivity contribution is 7.53. The predicted molar refractivity (Wildman–Crippen MR) is 139 cm³/mol. The Labute approximate surface area is 223 Å². The van der Waals surface area contributed by atoms with Crippen molar-refractivity contribution >= 4 is 36.6 Å². The van der Waals surface area contributed by atoms with Gasteiger partial charge in [0.05, 0.1) is 42.3 Å². The number of nitrogens with one attached hydrogen (secondary N) is 3. The van der Waals surface area contributed by atoms with E-state index in [9.17, 15) is 22.5 Å². The van der Waals surface area contributed by atoms with Crippen LogP contribution in [0.2, 0.25) is 0 Å². The highest BCUT2D eigenvalue weighted by Crippen LogP contribution is 2.51. The van der Waals surface area contributed by atoms with E-state index in [4.69, 9.17) is 14.3 Å². The number of nitrogens with zero attached hydrogens (tertiary/aromatic N) is 3. The van der Waals surface area contributed by atoms with Crippen molar-refractivity contribution in [2.45, 2.75) is 26.2 Å². The topological polar surface area (TPSA) is 138 Å². The molecule has 0 atom stereocenters. The van der Waals surface area contributed by atoms with Gasteiger partial charge in [0.25, 0.3) is 5.91 Å². The van der Waals surface area contributed by atoms with Crippen LogP contribution < -0.4 is 16.0 Å². The molecule has 3 N–H and O–H groups in total. The van der Waals surface area contributed by atoms with Gasteiger partial charge in [0, 0.05) is 18.9 Å². The average Bonchev–Trinajstić information content (AvgIpc) is 2.89. The number of rotatable bonds is 11. The fraction of sp³-hybridized carbons (Fsp3) is 0.280. The summed E-state index contributed by atoms with van der Waals surface area (Å²) in [5.74, 6) is -1.35. The lowest BCUT2D eigenvalue weighted by molar-refractivity contribution is -0.137. The molecule has 3 rings (SSSR count). The summed E-state index contributed by atoms with van der Waals surface area (Å²) in [5.41, 5.74) is 0.104. The summed E-state index contributed by atoms with van der Waals surface area (Å²) < 4.78 is 64.6. The van der Waals surface area contributed by atoms with Gasteiger partial charge >= 0.3 is 13.8 Å². The number of amides is 1. The zero-order valence-electron chi connectivity index (χ0n) is 21.3. The number of carbonyl (C=O) groups is 1. The van der Waals surface area contributed by atoms with E-state index in [2.05, 4.69) is 25.9 Å². The van der Waals surface area contributed by atoms with Crippen LogP contribution in [0.1, 0.15) is 40.9 Å². The first-order chi connectivity index (χ1) is 18.5. The van der Waals surface area contributed by atoms with Gasteiger partial charge in [0.1, 0.15) is 11.4 Å². The summed E-state index contributed by atoms with van der Waals surface area (Å²) in [7, 11) is -1.95. The highest BCUT2D eigenvalue weighted by Gasteiger charge is 2.35. The number of halogens is 3. The first-order valence-electron chi connectivity index (χ1n) is 11.7. The minimum atomic E-state index is -4.79. The Kier molecular flexibility index (Phi) is 9.64. The van der Waals surface area contributed by atoms with E-state index >= 15 is 0 Å². The van der Waals surface area contributed by atoms with Crippen molar-refractivity contribution in [3.63, 3.8) is 0 Å². The van der Waals surface area contributed by atoms with Gasteiger partial charge in [0.15, 0.2) is 0 Å². The molecule has 0 fully saturated rings. The Bertz CT molecular complexity index is 1400. The number of hydrogen-bond donors (Lipinski definition) is 3. The molecule has 2 aromatic carbocycles. The molecule has 206 valence electrons. The van der Waals surface area contributed by atoms with E-state index < -0.39 is 31.1 Å². The third kappa shape index (κ3) is 7.77. The van der Waals surface area contributed by atoms with E-state index in [-0.39, 0.29) is 42.1 Å². The fourth-order valence-electron chi connectivity index (χ4n) is 3.49. The number of carbonyl (C=O) groups excluding carboxylic acids is 1. The number of nitriles is 1. The van der Waals surface area contributed by atoms with Gasteiger partial charge in [-0.1, -0.05) is 12.1 Å². The summed E-state index contributed by atoms with van der Waals surface area (Å²) in [4.78, 5) is 20.1. The maximum Gasteiger partial charge on any atom is 0.421 e. The molecular formula is C25H26F3N6O4P. The lowest BCUT2D eigenvalue weighted by Crippen LogP contribution is -2.20. The van der Waals surface area contributed by atoms with Crippen molar-refractivity contribution in [1.29, 1.82) is 5.26 Å². The number of aromatic nitrogens is 2. The molecule has 39 heavy (non-hydrogen) atoms. The monoisotopic (exact) mass is 562 g/mol. The molecule has 0 spiro atoms. The summed E-state index contributed by atoms with van der Waals surface area (Å²) in [6, 6.07) is 12.4. The average molecular weight is 562 g/mol. The Morgan fingerprint density at radius 3 is 2.31 bits per heavy atom. The molecule has 1 amide bonds. The molecule has 0 unspecified atom stereocenters. The van der Waals surface area contributed by atoms with Crippen LogP contribution in [-0.2, 0) is 26.0 Å². The number of anilines is 4. The van der Waals surface area contributed by atoms with Gasteiger partial charge in [-0.2, -0.15) is 23.4 Å². The molecule has 0 aliphatic rings. The molecule has 0 aliphatic carbocycles. The highest BCUT2D eigenvalue weighted by atomic mass is 31.2. The molecule has 0 saturated heterocycles. The first-order valence-corrected chi connectivity index (χ1v) is 13.5. The van der Waals surface area contributed by atoms with E-state index in [1.807, 2.05) is 6.07 Å². The third-order valence-corrected chi connectivity index (χ3v) is 7.26. The largest absolute Gasteiger partial charge is 0.421 e. The number of hydrogen-bond acceptors (Lipinski definition) is 9. The summed E-state index contributed by atoms with van der Waals surface area (Å²) >= 11 is 0. The van der Waals surface area contributed by atoms with Crippen molar-refractivity contribution < 1.29 is 31.6 Å². The van der Waals surface area contributed by atoms with Crippen molar-refractivity contribution in [3.05, 3.63) is 70.9 Å². The third-order valence-electron chi connectivity index (χ3n) is 5.21. The zero-order valence-corrected chi connectivity index (χ0v) is 22.2. The Hall–Kier alpha value is -3.98. The van der Waals surface area contributed by atoms with Gasteiger partial charge in [-0.05, 0) is 49.7 Å². The molecule has 1 heterocycles. The van der Waals surface area contributed by atoms with Crippen molar-refractivity contribution in [3.8, 4) is 6.07 Å². The van der Waals surface area contributed by atoms with Gasteiger partial charge in [-0.15, -0.1) is 0 Å². The van der Waals surface area contributed by atoms with Crippen LogP contribution in [-0.4, -0.2) is 36.1 Å². The Morgan fingerprint density at radius 2 is 1.74 bits per heavy atom. The second-order valence-corrected chi connectivity index (χ2v) is 10.0. The molecule has 0 bridgehead atoms. The molecule has 0 radical (unpaired) electrons. The molecule has 0 aliphatic heterocycles. The Morgan fingerprint density at radius 1 is 1.08 bits per heavy atom. The van der Waals surface area contributed by atoms with E-state index in [0.717, 1.165) is 0 Å².